The van der Waals surface area contributed by atoms with Crippen molar-refractivity contribution in [2.75, 3.05) is 0 Å². The van der Waals surface area contributed by atoms with Gasteiger partial charge in [-0.1, -0.05) is 24.1 Å². The Bertz CT molecular complexity index is 409. The van der Waals surface area contributed by atoms with E-state index in [2.05, 4.69) is 0 Å². The van der Waals surface area contributed by atoms with Gasteiger partial charge in [-0.3, -0.25) is 4.79 Å². The Hall–Kier alpha value is -1.44. The summed E-state index contributed by atoms with van der Waals surface area (Å²) in [6.07, 6.45) is 7.99. The second kappa shape index (κ2) is 5.76. The molecule has 0 unspecified atom stereocenters. The summed E-state index contributed by atoms with van der Waals surface area (Å²) >= 11 is 0. The third kappa shape index (κ3) is 3.81. The minimum absolute atomic E-state index is 0.133. The van der Waals surface area contributed by atoms with Crippen LogP contribution >= 0.6 is 0 Å². The van der Waals surface area contributed by atoms with Gasteiger partial charge in [-0.05, 0) is 49.5 Å². The van der Waals surface area contributed by atoms with Crippen molar-refractivity contribution in [2.45, 2.75) is 38.5 Å². The van der Waals surface area contributed by atoms with Gasteiger partial charge in [0.25, 0.3) is 0 Å². The number of rotatable bonds is 3. The summed E-state index contributed by atoms with van der Waals surface area (Å²) in [7, 11) is 0. The summed E-state index contributed by atoms with van der Waals surface area (Å²) in [5, 5.41) is 0. The van der Waals surface area contributed by atoms with Gasteiger partial charge in [0.2, 0.25) is 0 Å². The lowest BCUT2D eigenvalue weighted by molar-refractivity contribution is -0.114. The predicted molar refractivity (Wildman–Crippen MR) is 66.3 cm³/mol. The summed E-state index contributed by atoms with van der Waals surface area (Å²) in [5.74, 6) is -0.125. The summed E-state index contributed by atoms with van der Waals surface area (Å²) in [5.41, 5.74) is 2.16. The molecule has 1 nitrogen and oxygen atoms in total. The zero-order valence-electron chi connectivity index (χ0n) is 9.92. The number of ketones is 1. The Balaban J connectivity index is 1.94. The zero-order valence-corrected chi connectivity index (χ0v) is 9.92. The number of halogens is 1. The number of hydrogen-bond donors (Lipinski definition) is 0. The number of benzene rings is 1. The van der Waals surface area contributed by atoms with Gasteiger partial charge in [0.05, 0.1) is 0 Å². The van der Waals surface area contributed by atoms with Gasteiger partial charge < -0.3 is 0 Å². The van der Waals surface area contributed by atoms with Crippen molar-refractivity contribution < 1.29 is 9.18 Å². The van der Waals surface area contributed by atoms with E-state index in [1.165, 1.54) is 37.0 Å². The monoisotopic (exact) mass is 232 g/mol. The minimum Gasteiger partial charge on any atom is -0.294 e. The summed E-state index contributed by atoms with van der Waals surface area (Å²) in [6.45, 7) is 0. The van der Waals surface area contributed by atoms with Crippen LogP contribution in [-0.4, -0.2) is 5.78 Å². The lowest BCUT2D eigenvalue weighted by Crippen LogP contribution is -2.02. The van der Waals surface area contributed by atoms with Gasteiger partial charge in [-0.25, -0.2) is 4.39 Å². The molecule has 0 aliphatic heterocycles. The highest BCUT2D eigenvalue weighted by Crippen LogP contribution is 2.22. The van der Waals surface area contributed by atoms with E-state index in [0.29, 0.717) is 6.42 Å². The van der Waals surface area contributed by atoms with Crippen molar-refractivity contribution in [1.82, 2.24) is 0 Å². The van der Waals surface area contributed by atoms with E-state index >= 15 is 0 Å². The van der Waals surface area contributed by atoms with Crippen LogP contribution in [0.25, 0.3) is 0 Å². The lowest BCUT2D eigenvalue weighted by atomic mass is 9.93. The van der Waals surface area contributed by atoms with Gasteiger partial charge in [-0.15, -0.1) is 0 Å². The molecule has 0 heterocycles. The largest absolute Gasteiger partial charge is 0.294 e. The number of carbonyl (C=O) groups is 1. The van der Waals surface area contributed by atoms with Crippen molar-refractivity contribution in [2.24, 2.45) is 0 Å². The molecule has 1 aromatic rings. The van der Waals surface area contributed by atoms with Gasteiger partial charge in [0, 0.05) is 6.42 Å². The summed E-state index contributed by atoms with van der Waals surface area (Å²) in [6, 6.07) is 6.14. The van der Waals surface area contributed by atoms with E-state index < -0.39 is 0 Å². The Kier molecular flexibility index (Phi) is 4.08. The molecule has 0 N–H and O–H groups in total. The zero-order chi connectivity index (χ0) is 12.1. The van der Waals surface area contributed by atoms with E-state index in [-0.39, 0.29) is 11.6 Å². The van der Waals surface area contributed by atoms with Crippen LogP contribution in [0.4, 0.5) is 4.39 Å². The Morgan fingerprint density at radius 3 is 2.41 bits per heavy atom. The molecule has 1 aromatic carbocycles. The Morgan fingerprint density at radius 2 is 1.76 bits per heavy atom. The van der Waals surface area contributed by atoms with Crippen LogP contribution in [-0.2, 0) is 11.2 Å². The lowest BCUT2D eigenvalue weighted by Gasteiger charge is -2.12. The molecule has 2 heteroatoms. The highest BCUT2D eigenvalue weighted by Gasteiger charge is 2.08. The van der Waals surface area contributed by atoms with Crippen molar-refractivity contribution in [3.8, 4) is 0 Å². The summed E-state index contributed by atoms with van der Waals surface area (Å²) in [4.78, 5) is 11.8. The molecule has 1 aliphatic rings. The van der Waals surface area contributed by atoms with Crippen molar-refractivity contribution >= 4 is 5.78 Å². The maximum Gasteiger partial charge on any atom is 0.160 e. The highest BCUT2D eigenvalue weighted by atomic mass is 19.1. The quantitative estimate of drug-likeness (QED) is 0.724. The fourth-order valence-electron chi connectivity index (χ4n) is 2.23. The number of hydrogen-bond acceptors (Lipinski definition) is 1. The number of allylic oxidation sites excluding steroid dienone is 2. The Morgan fingerprint density at radius 1 is 1.12 bits per heavy atom. The highest BCUT2D eigenvalue weighted by molar-refractivity contribution is 5.92. The van der Waals surface area contributed by atoms with Crippen LogP contribution in [0, 0.1) is 5.82 Å². The summed E-state index contributed by atoms with van der Waals surface area (Å²) < 4.78 is 12.7. The van der Waals surface area contributed by atoms with E-state index in [1.807, 2.05) is 0 Å². The van der Waals surface area contributed by atoms with Crippen LogP contribution in [0.2, 0.25) is 0 Å². The maximum atomic E-state index is 12.7. The molecule has 1 saturated carbocycles. The molecule has 0 amide bonds. The molecule has 0 atom stereocenters. The van der Waals surface area contributed by atoms with Crippen LogP contribution in [0.3, 0.4) is 0 Å². The van der Waals surface area contributed by atoms with Gasteiger partial charge in [0.15, 0.2) is 5.78 Å². The fraction of sp³-hybridized carbons (Fsp3) is 0.400. The molecular weight excluding hydrogens is 215 g/mol. The van der Waals surface area contributed by atoms with Gasteiger partial charge in [-0.2, -0.15) is 0 Å². The Labute approximate surface area is 101 Å². The van der Waals surface area contributed by atoms with Crippen LogP contribution in [0.5, 0.6) is 0 Å². The smallest absolute Gasteiger partial charge is 0.160 e. The van der Waals surface area contributed by atoms with Gasteiger partial charge in [0.1, 0.15) is 5.82 Å². The second-order valence-electron chi connectivity index (χ2n) is 4.63. The van der Waals surface area contributed by atoms with E-state index in [1.54, 1.807) is 18.2 Å². The molecular formula is C15H17FO. The first-order valence-corrected chi connectivity index (χ1v) is 6.21. The molecule has 2 rings (SSSR count). The first kappa shape index (κ1) is 12.0. The molecule has 0 spiro atoms. The maximum absolute atomic E-state index is 12.7. The van der Waals surface area contributed by atoms with Gasteiger partial charge >= 0.3 is 0 Å². The van der Waals surface area contributed by atoms with Crippen molar-refractivity contribution in [3.05, 3.63) is 47.3 Å². The first-order chi connectivity index (χ1) is 8.24. The van der Waals surface area contributed by atoms with Crippen LogP contribution in [0.15, 0.2) is 35.9 Å². The van der Waals surface area contributed by atoms with E-state index in [0.717, 1.165) is 18.4 Å². The van der Waals surface area contributed by atoms with Crippen molar-refractivity contribution in [3.63, 3.8) is 0 Å². The molecule has 0 radical (unpaired) electrons. The fourth-order valence-corrected chi connectivity index (χ4v) is 2.23. The minimum atomic E-state index is -0.258. The van der Waals surface area contributed by atoms with Crippen LogP contribution in [0.1, 0.15) is 37.7 Å². The van der Waals surface area contributed by atoms with E-state index in [9.17, 15) is 9.18 Å². The SMILES string of the molecule is O=C(C=C1CCCCC1)Cc1ccc(F)cc1. The average molecular weight is 232 g/mol. The van der Waals surface area contributed by atoms with Crippen LogP contribution < -0.4 is 0 Å². The molecule has 0 aromatic heterocycles. The molecule has 90 valence electrons. The van der Waals surface area contributed by atoms with E-state index in [4.69, 9.17) is 0 Å². The molecule has 17 heavy (non-hydrogen) atoms. The first-order valence-electron chi connectivity index (χ1n) is 6.21. The molecule has 1 fully saturated rings. The normalized spacial score (nSPS) is 15.7. The average Bonchev–Trinajstić information content (AvgIpc) is 2.33. The molecule has 0 bridgehead atoms. The molecule has 1 aliphatic carbocycles. The third-order valence-corrected chi connectivity index (χ3v) is 3.15. The number of carbonyl (C=O) groups excluding carboxylic acids is 1. The topological polar surface area (TPSA) is 17.1 Å². The predicted octanol–water partition coefficient (Wildman–Crippen LogP) is 3.83. The third-order valence-electron chi connectivity index (χ3n) is 3.15. The van der Waals surface area contributed by atoms with Crippen molar-refractivity contribution in [1.29, 1.82) is 0 Å². The standard InChI is InChI=1S/C15H17FO/c16-14-8-6-13(7-9-14)11-15(17)10-12-4-2-1-3-5-12/h6-10H,1-5,11H2. The molecule has 0 saturated heterocycles. The second-order valence-corrected chi connectivity index (χ2v) is 4.63.